The zero-order chi connectivity index (χ0) is 25.9. The van der Waals surface area contributed by atoms with Gasteiger partial charge in [-0.2, -0.15) is 5.10 Å². The van der Waals surface area contributed by atoms with E-state index >= 15 is 0 Å². The van der Waals surface area contributed by atoms with Crippen molar-refractivity contribution >= 4 is 41.2 Å². The Bertz CT molecular complexity index is 1250. The number of hydrogen-bond donors (Lipinski definition) is 2. The van der Waals surface area contributed by atoms with Crippen LogP contribution in [0.25, 0.3) is 0 Å². The summed E-state index contributed by atoms with van der Waals surface area (Å²) >= 11 is 12.0. The highest BCUT2D eigenvalue weighted by Gasteiger charge is 2.12. The molecule has 0 bridgehead atoms. The third kappa shape index (κ3) is 7.90. The third-order valence-electron chi connectivity index (χ3n) is 4.98. The molecule has 0 aliphatic rings. The van der Waals surface area contributed by atoms with E-state index in [9.17, 15) is 9.59 Å². The maximum atomic E-state index is 12.0. The normalized spacial score (nSPS) is 10.7. The van der Waals surface area contributed by atoms with Crippen LogP contribution in [0, 0.1) is 0 Å². The first kappa shape index (κ1) is 26.8. The van der Waals surface area contributed by atoms with Gasteiger partial charge in [0.2, 0.25) is 0 Å². The number of methoxy groups -OCH3 is 2. The van der Waals surface area contributed by atoms with E-state index in [1.165, 1.54) is 6.21 Å². The molecule has 0 aliphatic carbocycles. The third-order valence-corrected chi connectivity index (χ3v) is 5.72. The molecule has 0 unspecified atom stereocenters. The van der Waals surface area contributed by atoms with Gasteiger partial charge in [0.25, 0.3) is 0 Å². The van der Waals surface area contributed by atoms with E-state index < -0.39 is 11.8 Å². The molecule has 0 atom stereocenters. The van der Waals surface area contributed by atoms with E-state index in [4.69, 9.17) is 37.4 Å². The van der Waals surface area contributed by atoms with Crippen LogP contribution in [0.1, 0.15) is 16.7 Å². The lowest BCUT2D eigenvalue weighted by Crippen LogP contribution is -2.38. The Morgan fingerprint density at radius 3 is 2.42 bits per heavy atom. The van der Waals surface area contributed by atoms with Crippen LogP contribution < -0.4 is 25.0 Å². The molecule has 0 saturated heterocycles. The van der Waals surface area contributed by atoms with Crippen LogP contribution in [0.5, 0.6) is 17.2 Å². The van der Waals surface area contributed by atoms with Gasteiger partial charge < -0.3 is 19.5 Å². The first-order valence-electron chi connectivity index (χ1n) is 10.9. The number of halogens is 2. The molecule has 8 nitrogen and oxygen atoms in total. The first-order valence-corrected chi connectivity index (χ1v) is 11.6. The second kappa shape index (κ2) is 13.4. The monoisotopic (exact) mass is 529 g/mol. The molecule has 0 saturated carbocycles. The molecule has 3 rings (SSSR count). The van der Waals surface area contributed by atoms with Gasteiger partial charge in [-0.25, -0.2) is 5.43 Å². The van der Waals surface area contributed by atoms with Crippen molar-refractivity contribution in [1.29, 1.82) is 0 Å². The average molecular weight is 530 g/mol. The summed E-state index contributed by atoms with van der Waals surface area (Å²) in [5.74, 6) is 0.157. The fourth-order valence-electron chi connectivity index (χ4n) is 3.13. The first-order chi connectivity index (χ1) is 17.4. The lowest BCUT2D eigenvalue weighted by molar-refractivity contribution is -0.139. The van der Waals surface area contributed by atoms with E-state index in [1.54, 1.807) is 56.7 Å². The number of hydrogen-bond acceptors (Lipinski definition) is 6. The minimum atomic E-state index is -0.870. The van der Waals surface area contributed by atoms with Crippen molar-refractivity contribution < 1.29 is 23.8 Å². The summed E-state index contributed by atoms with van der Waals surface area (Å²) in [5, 5.41) is 7.34. The molecule has 0 heterocycles. The number of hydrazone groups is 1. The lowest BCUT2D eigenvalue weighted by atomic mass is 10.1. The van der Waals surface area contributed by atoms with Crippen molar-refractivity contribution in [2.24, 2.45) is 5.10 Å². The highest BCUT2D eigenvalue weighted by atomic mass is 35.5. The van der Waals surface area contributed by atoms with Crippen molar-refractivity contribution in [3.8, 4) is 17.2 Å². The van der Waals surface area contributed by atoms with Crippen LogP contribution in [0.15, 0.2) is 65.8 Å². The summed E-state index contributed by atoms with van der Waals surface area (Å²) in [5.41, 5.74) is 4.68. The zero-order valence-electron chi connectivity index (χ0n) is 19.7. The largest absolute Gasteiger partial charge is 0.493 e. The molecule has 2 amide bonds. The van der Waals surface area contributed by atoms with Crippen molar-refractivity contribution in [3.63, 3.8) is 0 Å². The Balaban J connectivity index is 1.44. The van der Waals surface area contributed by atoms with Crippen LogP contribution in [0.3, 0.4) is 0 Å². The van der Waals surface area contributed by atoms with Gasteiger partial charge in [0, 0.05) is 6.54 Å². The molecule has 0 spiro atoms. The predicted molar refractivity (Wildman–Crippen MR) is 139 cm³/mol. The highest BCUT2D eigenvalue weighted by molar-refractivity contribution is 6.42. The van der Waals surface area contributed by atoms with Gasteiger partial charge in [0.15, 0.2) is 11.5 Å². The summed E-state index contributed by atoms with van der Waals surface area (Å²) in [6.45, 7) is 0.571. The lowest BCUT2D eigenvalue weighted by Gasteiger charge is -2.10. The molecule has 3 aromatic rings. The second-order valence-corrected chi connectivity index (χ2v) is 8.32. The number of nitrogens with zero attached hydrogens (tertiary/aromatic N) is 1. The SMILES string of the molecule is COc1ccc(CCNC(=O)C(=O)N/N=C\c2cccc(OCc3ccc(Cl)c(Cl)c3)c2)cc1OC. The van der Waals surface area contributed by atoms with Crippen LogP contribution in [0.2, 0.25) is 10.0 Å². The number of carbonyl (C=O) groups excluding carboxylic acids is 2. The molecule has 3 aromatic carbocycles. The molecular weight excluding hydrogens is 505 g/mol. The fraction of sp³-hybridized carbons (Fsp3) is 0.192. The molecule has 0 radical (unpaired) electrons. The van der Waals surface area contributed by atoms with Gasteiger partial charge in [-0.1, -0.05) is 47.5 Å². The number of rotatable bonds is 10. The zero-order valence-corrected chi connectivity index (χ0v) is 21.2. The number of nitrogens with one attached hydrogen (secondary N) is 2. The van der Waals surface area contributed by atoms with Gasteiger partial charge in [0.05, 0.1) is 30.5 Å². The fourth-order valence-corrected chi connectivity index (χ4v) is 3.45. The molecular formula is C26H25Cl2N3O5. The van der Waals surface area contributed by atoms with Crippen LogP contribution >= 0.6 is 23.2 Å². The standard InChI is InChI=1S/C26H25Cl2N3O5/c1-34-23-9-7-17(14-24(23)35-2)10-11-29-25(32)26(33)31-30-15-18-4-3-5-20(12-18)36-16-19-6-8-21(27)22(28)13-19/h3-9,12-15H,10-11,16H2,1-2H3,(H,29,32)(H,31,33)/b30-15-. The molecule has 10 heteroatoms. The van der Waals surface area contributed by atoms with Crippen LogP contribution in [0.4, 0.5) is 0 Å². The van der Waals surface area contributed by atoms with Gasteiger partial charge in [-0.3, -0.25) is 9.59 Å². The molecule has 188 valence electrons. The summed E-state index contributed by atoms with van der Waals surface area (Å²) in [6, 6.07) is 17.8. The molecule has 2 N–H and O–H groups in total. The number of carbonyl (C=O) groups is 2. The predicted octanol–water partition coefficient (Wildman–Crippen LogP) is 4.40. The average Bonchev–Trinajstić information content (AvgIpc) is 2.89. The maximum Gasteiger partial charge on any atom is 0.329 e. The van der Waals surface area contributed by atoms with Gasteiger partial charge in [0.1, 0.15) is 12.4 Å². The van der Waals surface area contributed by atoms with E-state index in [0.717, 1.165) is 11.1 Å². The van der Waals surface area contributed by atoms with E-state index in [2.05, 4.69) is 15.8 Å². The molecule has 0 fully saturated rings. The van der Waals surface area contributed by atoms with Crippen LogP contribution in [-0.2, 0) is 22.6 Å². The Morgan fingerprint density at radius 1 is 0.889 bits per heavy atom. The molecule has 0 aliphatic heterocycles. The van der Waals surface area contributed by atoms with E-state index in [-0.39, 0.29) is 6.54 Å². The number of benzene rings is 3. The van der Waals surface area contributed by atoms with Crippen LogP contribution in [-0.4, -0.2) is 38.8 Å². The number of amides is 2. The summed E-state index contributed by atoms with van der Waals surface area (Å²) in [7, 11) is 3.11. The van der Waals surface area contributed by atoms with Crippen molar-refractivity contribution in [2.45, 2.75) is 13.0 Å². The van der Waals surface area contributed by atoms with Crippen molar-refractivity contribution in [1.82, 2.24) is 10.7 Å². The van der Waals surface area contributed by atoms with E-state index in [0.29, 0.717) is 45.9 Å². The number of ether oxygens (including phenoxy) is 3. The molecule has 36 heavy (non-hydrogen) atoms. The van der Waals surface area contributed by atoms with Crippen molar-refractivity contribution in [2.75, 3.05) is 20.8 Å². The van der Waals surface area contributed by atoms with Gasteiger partial charge in [-0.15, -0.1) is 0 Å². The van der Waals surface area contributed by atoms with E-state index in [1.807, 2.05) is 18.2 Å². The summed E-state index contributed by atoms with van der Waals surface area (Å²) in [4.78, 5) is 24.1. The van der Waals surface area contributed by atoms with Gasteiger partial charge in [-0.05, 0) is 59.5 Å². The Kier molecular flexibility index (Phi) is 9.97. The minimum Gasteiger partial charge on any atom is -0.493 e. The van der Waals surface area contributed by atoms with Crippen molar-refractivity contribution in [3.05, 3.63) is 87.4 Å². The quantitative estimate of drug-likeness (QED) is 0.230. The Hall–Kier alpha value is -3.75. The molecule has 0 aromatic heterocycles. The second-order valence-electron chi connectivity index (χ2n) is 7.50. The Morgan fingerprint density at radius 2 is 1.67 bits per heavy atom. The highest BCUT2D eigenvalue weighted by Crippen LogP contribution is 2.27. The Labute approximate surface area is 219 Å². The minimum absolute atomic E-state index is 0.268. The van der Waals surface area contributed by atoms with Gasteiger partial charge >= 0.3 is 11.8 Å². The maximum absolute atomic E-state index is 12.0. The summed E-state index contributed by atoms with van der Waals surface area (Å²) in [6.07, 6.45) is 1.93. The smallest absolute Gasteiger partial charge is 0.329 e. The summed E-state index contributed by atoms with van der Waals surface area (Å²) < 4.78 is 16.2. The topological polar surface area (TPSA) is 98.2 Å².